The van der Waals surface area contributed by atoms with Crippen molar-refractivity contribution in [2.24, 2.45) is 0 Å². The van der Waals surface area contributed by atoms with Crippen LogP contribution in [-0.2, 0) is 11.3 Å². The van der Waals surface area contributed by atoms with Gasteiger partial charge in [-0.15, -0.1) is 0 Å². The van der Waals surface area contributed by atoms with Crippen molar-refractivity contribution in [2.45, 2.75) is 6.61 Å². The Kier molecular flexibility index (Phi) is 4.33. The maximum absolute atomic E-state index is 11.9. The second-order valence-electron chi connectivity index (χ2n) is 4.68. The minimum Gasteiger partial charge on any atom is -0.497 e. The van der Waals surface area contributed by atoms with Gasteiger partial charge < -0.3 is 14.0 Å². The molecule has 6 nitrogen and oxygen atoms in total. The van der Waals surface area contributed by atoms with Gasteiger partial charge in [0, 0.05) is 5.56 Å². The zero-order valence-corrected chi connectivity index (χ0v) is 12.4. The average Bonchev–Trinajstić information content (AvgIpc) is 3.09. The van der Waals surface area contributed by atoms with Crippen molar-refractivity contribution < 1.29 is 18.8 Å². The summed E-state index contributed by atoms with van der Waals surface area (Å²) in [6.07, 6.45) is 0. The quantitative estimate of drug-likeness (QED) is 0.674. The predicted molar refractivity (Wildman–Crippen MR) is 81.8 cm³/mol. The molecule has 3 rings (SSSR count). The number of ether oxygens (including phenoxy) is 2. The highest BCUT2D eigenvalue weighted by Crippen LogP contribution is 2.16. The lowest BCUT2D eigenvalue weighted by Crippen LogP contribution is -2.05. The van der Waals surface area contributed by atoms with Gasteiger partial charge in [0.05, 0.1) is 12.7 Å². The Morgan fingerprint density at radius 2 is 1.83 bits per heavy atom. The zero-order valence-electron chi connectivity index (χ0n) is 12.4. The van der Waals surface area contributed by atoms with E-state index in [0.717, 1.165) is 5.56 Å². The van der Waals surface area contributed by atoms with E-state index in [9.17, 15) is 4.79 Å². The molecule has 0 fully saturated rings. The lowest BCUT2D eigenvalue weighted by molar-refractivity contribution is 0.0430. The highest BCUT2D eigenvalue weighted by molar-refractivity contribution is 5.89. The summed E-state index contributed by atoms with van der Waals surface area (Å²) in [5.74, 6) is 0.907. The molecule has 0 spiro atoms. The average molecular weight is 310 g/mol. The number of hydrogen-bond donors (Lipinski definition) is 0. The smallest absolute Gasteiger partial charge is 0.338 e. The number of benzene rings is 2. The molecule has 1 aromatic heterocycles. The van der Waals surface area contributed by atoms with Crippen molar-refractivity contribution in [1.82, 2.24) is 10.1 Å². The van der Waals surface area contributed by atoms with Crippen LogP contribution in [0.5, 0.6) is 5.75 Å². The molecule has 0 unspecified atom stereocenters. The van der Waals surface area contributed by atoms with Gasteiger partial charge in [-0.2, -0.15) is 4.98 Å². The molecule has 0 bridgehead atoms. The number of rotatable bonds is 5. The van der Waals surface area contributed by atoms with Gasteiger partial charge in [-0.3, -0.25) is 0 Å². The molecule has 2 aromatic carbocycles. The number of carbonyl (C=O) groups excluding carboxylic acids is 1. The number of carbonyl (C=O) groups is 1. The van der Waals surface area contributed by atoms with Gasteiger partial charge in [0.25, 0.3) is 5.89 Å². The van der Waals surface area contributed by atoms with Crippen molar-refractivity contribution in [3.05, 3.63) is 66.1 Å². The van der Waals surface area contributed by atoms with Crippen LogP contribution in [-0.4, -0.2) is 23.2 Å². The Bertz CT molecular complexity index is 782. The largest absolute Gasteiger partial charge is 0.497 e. The fourth-order valence-electron chi connectivity index (χ4n) is 1.96. The van der Waals surface area contributed by atoms with Crippen LogP contribution in [0.15, 0.2) is 59.1 Å². The monoisotopic (exact) mass is 310 g/mol. The molecule has 0 aliphatic rings. The third kappa shape index (κ3) is 3.55. The molecule has 6 heteroatoms. The summed E-state index contributed by atoms with van der Waals surface area (Å²) in [7, 11) is 1.56. The van der Waals surface area contributed by atoms with E-state index in [1.54, 1.807) is 31.4 Å². The van der Waals surface area contributed by atoms with Gasteiger partial charge in [-0.05, 0) is 24.3 Å². The van der Waals surface area contributed by atoms with Crippen LogP contribution in [0.3, 0.4) is 0 Å². The number of esters is 1. The molecule has 0 aliphatic heterocycles. The predicted octanol–water partition coefficient (Wildman–Crippen LogP) is 3.10. The lowest BCUT2D eigenvalue weighted by atomic mass is 10.2. The fraction of sp³-hybridized carbons (Fsp3) is 0.118. The molecular formula is C17H14N2O4. The van der Waals surface area contributed by atoms with Gasteiger partial charge in [-0.25, -0.2) is 4.79 Å². The maximum atomic E-state index is 11.9. The maximum Gasteiger partial charge on any atom is 0.338 e. The van der Waals surface area contributed by atoms with E-state index in [1.165, 1.54) is 0 Å². The first-order chi connectivity index (χ1) is 11.3. The first kappa shape index (κ1) is 14.8. The summed E-state index contributed by atoms with van der Waals surface area (Å²) in [5, 5.41) is 3.87. The van der Waals surface area contributed by atoms with Crippen molar-refractivity contribution >= 4 is 5.97 Å². The Morgan fingerprint density at radius 1 is 1.09 bits per heavy atom. The minimum absolute atomic E-state index is 0.0787. The minimum atomic E-state index is -0.466. The Hall–Kier alpha value is -3.15. The molecule has 0 atom stereocenters. The highest BCUT2D eigenvalue weighted by Gasteiger charge is 2.12. The lowest BCUT2D eigenvalue weighted by Gasteiger charge is -2.03. The molecule has 0 aliphatic carbocycles. The van der Waals surface area contributed by atoms with Gasteiger partial charge in [-0.1, -0.05) is 35.5 Å². The molecule has 3 aromatic rings. The Morgan fingerprint density at radius 3 is 2.52 bits per heavy atom. The van der Waals surface area contributed by atoms with Crippen LogP contribution in [0, 0.1) is 0 Å². The zero-order chi connectivity index (χ0) is 16.1. The van der Waals surface area contributed by atoms with Crippen LogP contribution in [0.2, 0.25) is 0 Å². The standard InChI is InChI=1S/C17H14N2O4/c1-21-14-9-7-13(8-10-14)17(20)22-11-15-18-16(19-23-15)12-5-3-2-4-6-12/h2-10H,11H2,1H3. The molecule has 116 valence electrons. The summed E-state index contributed by atoms with van der Waals surface area (Å²) >= 11 is 0. The second-order valence-corrected chi connectivity index (χ2v) is 4.68. The van der Waals surface area contributed by atoms with Crippen molar-refractivity contribution in [3.8, 4) is 17.1 Å². The van der Waals surface area contributed by atoms with E-state index in [2.05, 4.69) is 10.1 Å². The SMILES string of the molecule is COc1ccc(C(=O)OCc2nc(-c3ccccc3)no2)cc1. The third-order valence-corrected chi connectivity index (χ3v) is 3.15. The van der Waals surface area contributed by atoms with Crippen molar-refractivity contribution in [2.75, 3.05) is 7.11 Å². The molecule has 0 radical (unpaired) electrons. The van der Waals surface area contributed by atoms with Crippen molar-refractivity contribution in [1.29, 1.82) is 0 Å². The van der Waals surface area contributed by atoms with E-state index < -0.39 is 5.97 Å². The topological polar surface area (TPSA) is 74.5 Å². The third-order valence-electron chi connectivity index (χ3n) is 3.15. The molecule has 0 amide bonds. The summed E-state index contributed by atoms with van der Waals surface area (Å²) in [6, 6.07) is 16.1. The van der Waals surface area contributed by atoms with Crippen LogP contribution in [0.1, 0.15) is 16.2 Å². The van der Waals surface area contributed by atoms with E-state index >= 15 is 0 Å². The molecule has 0 N–H and O–H groups in total. The molecular weight excluding hydrogens is 296 g/mol. The van der Waals surface area contributed by atoms with Crippen LogP contribution in [0.25, 0.3) is 11.4 Å². The molecule has 0 saturated heterocycles. The number of aromatic nitrogens is 2. The Labute approximate surface area is 132 Å². The van der Waals surface area contributed by atoms with Gasteiger partial charge >= 0.3 is 5.97 Å². The molecule has 1 heterocycles. The van der Waals surface area contributed by atoms with E-state index in [4.69, 9.17) is 14.0 Å². The summed E-state index contributed by atoms with van der Waals surface area (Å²) < 4.78 is 15.3. The Balaban J connectivity index is 1.62. The number of hydrogen-bond acceptors (Lipinski definition) is 6. The number of nitrogens with zero attached hydrogens (tertiary/aromatic N) is 2. The van der Waals surface area contributed by atoms with Crippen LogP contribution < -0.4 is 4.74 Å². The van der Waals surface area contributed by atoms with Gasteiger partial charge in [0.15, 0.2) is 6.61 Å². The van der Waals surface area contributed by atoms with Gasteiger partial charge in [0.2, 0.25) is 5.82 Å². The summed E-state index contributed by atoms with van der Waals surface area (Å²) in [5.41, 5.74) is 1.26. The normalized spacial score (nSPS) is 10.3. The van der Waals surface area contributed by atoms with Crippen LogP contribution >= 0.6 is 0 Å². The first-order valence-corrected chi connectivity index (χ1v) is 6.95. The summed E-state index contributed by atoms with van der Waals surface area (Å²) in [6.45, 7) is -0.0787. The van der Waals surface area contributed by atoms with E-state index in [-0.39, 0.29) is 12.5 Å². The van der Waals surface area contributed by atoms with E-state index in [1.807, 2.05) is 30.3 Å². The number of methoxy groups -OCH3 is 1. The van der Waals surface area contributed by atoms with Crippen LogP contribution in [0.4, 0.5) is 0 Å². The highest BCUT2D eigenvalue weighted by atomic mass is 16.6. The molecule has 0 saturated carbocycles. The molecule has 23 heavy (non-hydrogen) atoms. The van der Waals surface area contributed by atoms with Crippen molar-refractivity contribution in [3.63, 3.8) is 0 Å². The van der Waals surface area contributed by atoms with Gasteiger partial charge in [0.1, 0.15) is 5.75 Å². The summed E-state index contributed by atoms with van der Waals surface area (Å²) in [4.78, 5) is 16.1. The fourth-order valence-corrected chi connectivity index (χ4v) is 1.96. The van der Waals surface area contributed by atoms with E-state index in [0.29, 0.717) is 17.1 Å². The second kappa shape index (κ2) is 6.74. The first-order valence-electron chi connectivity index (χ1n) is 6.95.